The minimum Gasteiger partial charge on any atom is -0.495 e. The zero-order valence-corrected chi connectivity index (χ0v) is 13.8. The van der Waals surface area contributed by atoms with Crippen molar-refractivity contribution in [2.24, 2.45) is 0 Å². The van der Waals surface area contributed by atoms with E-state index in [0.29, 0.717) is 27.0 Å². The van der Waals surface area contributed by atoms with Crippen molar-refractivity contribution in [3.05, 3.63) is 57.8 Å². The van der Waals surface area contributed by atoms with Crippen LogP contribution in [0.3, 0.4) is 0 Å². The summed E-state index contributed by atoms with van der Waals surface area (Å²) in [5.74, 6) is 0.0917. The highest BCUT2D eigenvalue weighted by Gasteiger charge is 2.10. The quantitative estimate of drug-likeness (QED) is 0.850. The Hall–Kier alpha value is -2.08. The van der Waals surface area contributed by atoms with Crippen molar-refractivity contribution in [1.29, 1.82) is 0 Å². The molecular weight excluding hydrogens is 351 g/mol. The Morgan fingerprint density at radius 1 is 1.27 bits per heavy atom. The number of carbonyl (C=O) groups excluding carboxylic acids is 1. The average Bonchev–Trinajstić information content (AvgIpc) is 2.53. The molecule has 2 N–H and O–H groups in total. The molecular formula is C16H16BrFN2O2. The molecule has 116 valence electrons. The number of methoxy groups -OCH3 is 1. The van der Waals surface area contributed by atoms with E-state index < -0.39 is 0 Å². The topological polar surface area (TPSA) is 50.4 Å². The molecule has 2 rings (SSSR count). The number of benzene rings is 2. The molecule has 0 spiro atoms. The number of hydrogen-bond acceptors (Lipinski definition) is 3. The summed E-state index contributed by atoms with van der Waals surface area (Å²) in [6.45, 7) is 0.284. The van der Waals surface area contributed by atoms with Gasteiger partial charge in [0.25, 0.3) is 5.91 Å². The second-order valence-electron chi connectivity index (χ2n) is 4.58. The van der Waals surface area contributed by atoms with E-state index in [2.05, 4.69) is 26.6 Å². The van der Waals surface area contributed by atoms with E-state index in [1.54, 1.807) is 44.5 Å². The highest BCUT2D eigenvalue weighted by atomic mass is 79.9. The highest BCUT2D eigenvalue weighted by molar-refractivity contribution is 9.10. The molecule has 0 aliphatic rings. The molecule has 2 aromatic carbocycles. The number of anilines is 1. The van der Waals surface area contributed by atoms with Crippen molar-refractivity contribution in [3.8, 4) is 5.75 Å². The molecule has 1 amide bonds. The number of rotatable bonds is 5. The summed E-state index contributed by atoms with van der Waals surface area (Å²) in [7, 11) is 3.11. The second kappa shape index (κ2) is 7.26. The van der Waals surface area contributed by atoms with Crippen LogP contribution < -0.4 is 15.4 Å². The van der Waals surface area contributed by atoms with Gasteiger partial charge in [0.1, 0.15) is 11.6 Å². The predicted molar refractivity (Wildman–Crippen MR) is 87.8 cm³/mol. The lowest BCUT2D eigenvalue weighted by Gasteiger charge is -2.13. The zero-order chi connectivity index (χ0) is 16.1. The lowest BCUT2D eigenvalue weighted by Crippen LogP contribution is -2.18. The number of hydrogen-bond donors (Lipinski definition) is 2. The zero-order valence-electron chi connectivity index (χ0n) is 12.2. The van der Waals surface area contributed by atoms with Gasteiger partial charge in [0.2, 0.25) is 0 Å². The van der Waals surface area contributed by atoms with E-state index in [1.165, 1.54) is 6.07 Å². The summed E-state index contributed by atoms with van der Waals surface area (Å²) in [5.41, 5.74) is 1.66. The largest absolute Gasteiger partial charge is 0.495 e. The Morgan fingerprint density at radius 2 is 2.05 bits per heavy atom. The number of nitrogens with one attached hydrogen (secondary N) is 2. The molecule has 0 bridgehead atoms. The maximum atomic E-state index is 13.8. The molecule has 0 aromatic heterocycles. The van der Waals surface area contributed by atoms with Gasteiger partial charge in [-0.15, -0.1) is 0 Å². The van der Waals surface area contributed by atoms with Gasteiger partial charge < -0.3 is 15.4 Å². The van der Waals surface area contributed by atoms with Crippen LogP contribution in [0.1, 0.15) is 15.9 Å². The summed E-state index contributed by atoms with van der Waals surface area (Å²) in [6.07, 6.45) is 0. The first-order chi connectivity index (χ1) is 10.5. The van der Waals surface area contributed by atoms with Crippen molar-refractivity contribution in [2.75, 3.05) is 19.5 Å². The predicted octanol–water partition coefficient (Wildman–Crippen LogP) is 3.57. The summed E-state index contributed by atoms with van der Waals surface area (Å²) in [5, 5.41) is 5.66. The molecule has 0 aliphatic carbocycles. The fraction of sp³-hybridized carbons (Fsp3) is 0.188. The van der Waals surface area contributed by atoms with Gasteiger partial charge in [-0.05, 0) is 30.3 Å². The van der Waals surface area contributed by atoms with E-state index in [1.807, 2.05) is 0 Å². The van der Waals surface area contributed by atoms with Crippen LogP contribution in [0.25, 0.3) is 0 Å². The standard InChI is InChI=1S/C16H16BrFN2O2/c1-19-16(21)10-4-6-15(22-2)14(7-10)20-9-11-3-5-12(17)8-13(11)18/h3-8,20H,9H2,1-2H3,(H,19,21). The van der Waals surface area contributed by atoms with Crippen LogP contribution in [0.5, 0.6) is 5.75 Å². The van der Waals surface area contributed by atoms with Gasteiger partial charge in [0.15, 0.2) is 0 Å². The van der Waals surface area contributed by atoms with E-state index in [4.69, 9.17) is 4.74 Å². The molecule has 0 saturated heterocycles. The minimum absolute atomic E-state index is 0.194. The summed E-state index contributed by atoms with van der Waals surface area (Å²) in [6, 6.07) is 9.93. The molecule has 0 heterocycles. The van der Waals surface area contributed by atoms with E-state index >= 15 is 0 Å². The molecule has 0 fully saturated rings. The third-order valence-corrected chi connectivity index (χ3v) is 3.67. The van der Waals surface area contributed by atoms with E-state index in [-0.39, 0.29) is 18.3 Å². The van der Waals surface area contributed by atoms with Crippen LogP contribution in [-0.2, 0) is 6.54 Å². The van der Waals surface area contributed by atoms with Crippen molar-refractivity contribution in [2.45, 2.75) is 6.54 Å². The molecule has 0 aliphatic heterocycles. The Morgan fingerprint density at radius 3 is 2.68 bits per heavy atom. The second-order valence-corrected chi connectivity index (χ2v) is 5.50. The molecule has 4 nitrogen and oxygen atoms in total. The Bertz CT molecular complexity index is 692. The number of amides is 1. The molecule has 0 saturated carbocycles. The van der Waals surface area contributed by atoms with Crippen LogP contribution in [0, 0.1) is 5.82 Å². The van der Waals surface area contributed by atoms with Gasteiger partial charge in [-0.25, -0.2) is 4.39 Å². The fourth-order valence-electron chi connectivity index (χ4n) is 1.99. The number of carbonyl (C=O) groups is 1. The molecule has 0 unspecified atom stereocenters. The lowest BCUT2D eigenvalue weighted by molar-refractivity contribution is 0.0963. The SMILES string of the molecule is CNC(=O)c1ccc(OC)c(NCc2ccc(Br)cc2F)c1. The van der Waals surface area contributed by atoms with Gasteiger partial charge in [-0.1, -0.05) is 22.0 Å². The molecule has 0 atom stereocenters. The number of ether oxygens (including phenoxy) is 1. The van der Waals surface area contributed by atoms with E-state index in [9.17, 15) is 9.18 Å². The van der Waals surface area contributed by atoms with Gasteiger partial charge in [-0.3, -0.25) is 4.79 Å². The maximum Gasteiger partial charge on any atom is 0.251 e. The molecule has 6 heteroatoms. The van der Waals surface area contributed by atoms with Gasteiger partial charge in [0, 0.05) is 29.2 Å². The first kappa shape index (κ1) is 16.3. The molecule has 22 heavy (non-hydrogen) atoms. The third-order valence-electron chi connectivity index (χ3n) is 3.17. The van der Waals surface area contributed by atoms with Crippen molar-refractivity contribution < 1.29 is 13.9 Å². The highest BCUT2D eigenvalue weighted by Crippen LogP contribution is 2.26. The van der Waals surface area contributed by atoms with Crippen LogP contribution in [0.2, 0.25) is 0 Å². The smallest absolute Gasteiger partial charge is 0.251 e. The van der Waals surface area contributed by atoms with E-state index in [0.717, 1.165) is 0 Å². The molecule has 0 radical (unpaired) electrons. The van der Waals surface area contributed by atoms with Gasteiger partial charge in [-0.2, -0.15) is 0 Å². The van der Waals surface area contributed by atoms with Crippen LogP contribution in [0.15, 0.2) is 40.9 Å². The average molecular weight is 367 g/mol. The lowest BCUT2D eigenvalue weighted by atomic mass is 10.1. The van der Waals surface area contributed by atoms with Crippen molar-refractivity contribution >= 4 is 27.5 Å². The van der Waals surface area contributed by atoms with Crippen LogP contribution in [-0.4, -0.2) is 20.1 Å². The number of halogens is 2. The minimum atomic E-state index is -0.303. The maximum absolute atomic E-state index is 13.8. The van der Waals surface area contributed by atoms with Crippen LogP contribution in [0.4, 0.5) is 10.1 Å². The molecule has 2 aromatic rings. The first-order valence-electron chi connectivity index (χ1n) is 6.63. The van der Waals surface area contributed by atoms with Crippen molar-refractivity contribution in [3.63, 3.8) is 0 Å². The Kier molecular flexibility index (Phi) is 5.38. The Balaban J connectivity index is 2.22. The van der Waals surface area contributed by atoms with Crippen LogP contribution >= 0.6 is 15.9 Å². The summed E-state index contributed by atoms with van der Waals surface area (Å²) in [4.78, 5) is 11.7. The first-order valence-corrected chi connectivity index (χ1v) is 7.42. The summed E-state index contributed by atoms with van der Waals surface area (Å²) >= 11 is 3.22. The van der Waals surface area contributed by atoms with Gasteiger partial charge in [0.05, 0.1) is 12.8 Å². The summed E-state index contributed by atoms with van der Waals surface area (Å²) < 4.78 is 19.8. The Labute approximate surface area is 136 Å². The monoisotopic (exact) mass is 366 g/mol. The van der Waals surface area contributed by atoms with Crippen molar-refractivity contribution in [1.82, 2.24) is 5.32 Å². The normalized spacial score (nSPS) is 10.2. The third kappa shape index (κ3) is 3.76. The fourth-order valence-corrected chi connectivity index (χ4v) is 2.32. The van der Waals surface area contributed by atoms with Gasteiger partial charge >= 0.3 is 0 Å².